The Bertz CT molecular complexity index is 539. The van der Waals surface area contributed by atoms with Crippen LogP contribution in [0.3, 0.4) is 0 Å². The van der Waals surface area contributed by atoms with Crippen molar-refractivity contribution in [2.45, 2.75) is 26.7 Å². The molecule has 0 saturated heterocycles. The second-order valence-electron chi connectivity index (χ2n) is 4.95. The third-order valence-electron chi connectivity index (χ3n) is 3.25. The largest absolute Gasteiger partial charge is 0.369 e. The molecule has 2 aromatic rings. The van der Waals surface area contributed by atoms with Crippen LogP contribution < -0.4 is 10.6 Å². The van der Waals surface area contributed by atoms with Crippen molar-refractivity contribution in [3.8, 4) is 0 Å². The van der Waals surface area contributed by atoms with Gasteiger partial charge in [0.15, 0.2) is 0 Å². The summed E-state index contributed by atoms with van der Waals surface area (Å²) in [5, 5.41) is 6.55. The van der Waals surface area contributed by atoms with Crippen LogP contribution in [0.2, 0.25) is 0 Å². The zero-order valence-corrected chi connectivity index (χ0v) is 12.4. The maximum Gasteiger partial charge on any atom is 0.224 e. The highest BCUT2D eigenvalue weighted by atomic mass is 15.1. The number of aryl methyl sites for hydroxylation is 1. The van der Waals surface area contributed by atoms with E-state index in [4.69, 9.17) is 0 Å². The lowest BCUT2D eigenvalue weighted by Crippen LogP contribution is -2.13. The van der Waals surface area contributed by atoms with Gasteiger partial charge in [-0.1, -0.05) is 37.3 Å². The zero-order chi connectivity index (χ0) is 14.4. The molecule has 0 fully saturated rings. The standard InChI is InChI=1S/C16H22N4/c1-4-17-16-19-11-13(3)15(20-16)18-10-12(2)14-8-6-5-7-9-14/h5-9,11-12H,4,10H2,1-3H3,(H2,17,18,19,20). The summed E-state index contributed by atoms with van der Waals surface area (Å²) < 4.78 is 0. The van der Waals surface area contributed by atoms with E-state index in [1.807, 2.05) is 26.1 Å². The zero-order valence-electron chi connectivity index (χ0n) is 12.4. The molecular weight excluding hydrogens is 248 g/mol. The number of hydrogen-bond acceptors (Lipinski definition) is 4. The van der Waals surface area contributed by atoms with Gasteiger partial charge in [-0.2, -0.15) is 4.98 Å². The number of anilines is 2. The summed E-state index contributed by atoms with van der Waals surface area (Å²) in [6.45, 7) is 7.94. The van der Waals surface area contributed by atoms with Crippen LogP contribution in [0.4, 0.5) is 11.8 Å². The fraction of sp³-hybridized carbons (Fsp3) is 0.375. The second kappa shape index (κ2) is 6.89. The molecule has 1 heterocycles. The lowest BCUT2D eigenvalue weighted by Gasteiger charge is -2.15. The summed E-state index contributed by atoms with van der Waals surface area (Å²) >= 11 is 0. The summed E-state index contributed by atoms with van der Waals surface area (Å²) in [5.41, 5.74) is 2.39. The number of nitrogens with one attached hydrogen (secondary N) is 2. The first-order chi connectivity index (χ1) is 9.70. The van der Waals surface area contributed by atoms with E-state index < -0.39 is 0 Å². The van der Waals surface area contributed by atoms with Crippen molar-refractivity contribution in [3.05, 3.63) is 47.7 Å². The van der Waals surface area contributed by atoms with Gasteiger partial charge in [-0.25, -0.2) is 4.98 Å². The van der Waals surface area contributed by atoms with Crippen LogP contribution >= 0.6 is 0 Å². The number of benzene rings is 1. The Kier molecular flexibility index (Phi) is 4.93. The molecule has 20 heavy (non-hydrogen) atoms. The summed E-state index contributed by atoms with van der Waals surface area (Å²) in [4.78, 5) is 8.75. The van der Waals surface area contributed by atoms with Crippen LogP contribution in [0.15, 0.2) is 36.5 Å². The summed E-state index contributed by atoms with van der Waals surface area (Å²) in [5.74, 6) is 2.01. The predicted octanol–water partition coefficient (Wildman–Crippen LogP) is 3.43. The minimum Gasteiger partial charge on any atom is -0.369 e. The molecule has 0 bridgehead atoms. The molecule has 106 valence electrons. The van der Waals surface area contributed by atoms with Gasteiger partial charge in [0.1, 0.15) is 5.82 Å². The van der Waals surface area contributed by atoms with Gasteiger partial charge in [0.05, 0.1) is 0 Å². The van der Waals surface area contributed by atoms with Gasteiger partial charge in [0.25, 0.3) is 0 Å². The first kappa shape index (κ1) is 14.3. The number of nitrogens with zero attached hydrogens (tertiary/aromatic N) is 2. The van der Waals surface area contributed by atoms with E-state index in [0.717, 1.165) is 24.5 Å². The summed E-state index contributed by atoms with van der Waals surface area (Å²) in [6, 6.07) is 10.5. The first-order valence-electron chi connectivity index (χ1n) is 7.07. The van der Waals surface area contributed by atoms with Gasteiger partial charge < -0.3 is 10.6 Å². The Morgan fingerprint density at radius 1 is 1.15 bits per heavy atom. The molecule has 0 aliphatic heterocycles. The van der Waals surface area contributed by atoms with Gasteiger partial charge in [0, 0.05) is 24.8 Å². The molecule has 0 amide bonds. The lowest BCUT2D eigenvalue weighted by molar-refractivity contribution is 0.799. The number of hydrogen-bond donors (Lipinski definition) is 2. The van der Waals surface area contributed by atoms with Crippen LogP contribution in [0, 0.1) is 6.92 Å². The van der Waals surface area contributed by atoms with Crippen LogP contribution in [0.1, 0.15) is 30.9 Å². The van der Waals surface area contributed by atoms with Crippen LogP contribution in [0.25, 0.3) is 0 Å². The average Bonchev–Trinajstić information content (AvgIpc) is 2.48. The van der Waals surface area contributed by atoms with Gasteiger partial charge in [0.2, 0.25) is 5.95 Å². The van der Waals surface area contributed by atoms with Gasteiger partial charge in [-0.15, -0.1) is 0 Å². The van der Waals surface area contributed by atoms with E-state index >= 15 is 0 Å². The SMILES string of the molecule is CCNc1ncc(C)c(NCC(C)c2ccccc2)n1. The summed E-state index contributed by atoms with van der Waals surface area (Å²) in [6.07, 6.45) is 1.85. The monoisotopic (exact) mass is 270 g/mol. The molecular formula is C16H22N4. The maximum absolute atomic E-state index is 4.49. The second-order valence-corrected chi connectivity index (χ2v) is 4.95. The summed E-state index contributed by atoms with van der Waals surface area (Å²) in [7, 11) is 0. The molecule has 1 unspecified atom stereocenters. The molecule has 0 radical (unpaired) electrons. The quantitative estimate of drug-likeness (QED) is 0.844. The molecule has 4 nitrogen and oxygen atoms in total. The molecule has 0 aliphatic carbocycles. The van der Waals surface area contributed by atoms with Crippen LogP contribution in [-0.2, 0) is 0 Å². The smallest absolute Gasteiger partial charge is 0.224 e. The maximum atomic E-state index is 4.49. The third kappa shape index (κ3) is 3.70. The van der Waals surface area contributed by atoms with Crippen LogP contribution in [0.5, 0.6) is 0 Å². The van der Waals surface area contributed by atoms with Gasteiger partial charge in [-0.05, 0) is 25.3 Å². The van der Waals surface area contributed by atoms with Gasteiger partial charge >= 0.3 is 0 Å². The Morgan fingerprint density at radius 3 is 2.60 bits per heavy atom. The average molecular weight is 270 g/mol. The third-order valence-corrected chi connectivity index (χ3v) is 3.25. The van der Waals surface area contributed by atoms with Crippen molar-refractivity contribution < 1.29 is 0 Å². The van der Waals surface area contributed by atoms with Crippen molar-refractivity contribution in [3.63, 3.8) is 0 Å². The molecule has 0 aliphatic rings. The fourth-order valence-corrected chi connectivity index (χ4v) is 2.01. The van der Waals surface area contributed by atoms with E-state index in [0.29, 0.717) is 11.9 Å². The van der Waals surface area contributed by atoms with Crippen molar-refractivity contribution >= 4 is 11.8 Å². The molecule has 1 aromatic carbocycles. The molecule has 1 aromatic heterocycles. The number of rotatable bonds is 6. The lowest BCUT2D eigenvalue weighted by atomic mass is 10.0. The Hall–Kier alpha value is -2.10. The van der Waals surface area contributed by atoms with Crippen LogP contribution in [-0.4, -0.2) is 23.1 Å². The predicted molar refractivity (Wildman–Crippen MR) is 84.3 cm³/mol. The molecule has 4 heteroatoms. The molecule has 2 rings (SSSR count). The Balaban J connectivity index is 2.01. The highest BCUT2D eigenvalue weighted by molar-refractivity contribution is 5.46. The van der Waals surface area contributed by atoms with Crippen molar-refractivity contribution in [1.82, 2.24) is 9.97 Å². The Labute approximate surface area is 120 Å². The molecule has 0 saturated carbocycles. The van der Waals surface area contributed by atoms with E-state index in [1.54, 1.807) is 0 Å². The minimum atomic E-state index is 0.438. The number of aromatic nitrogens is 2. The Morgan fingerprint density at radius 2 is 1.90 bits per heavy atom. The topological polar surface area (TPSA) is 49.8 Å². The fourth-order valence-electron chi connectivity index (χ4n) is 2.01. The van der Waals surface area contributed by atoms with Crippen molar-refractivity contribution in [2.24, 2.45) is 0 Å². The minimum absolute atomic E-state index is 0.438. The van der Waals surface area contributed by atoms with Crippen molar-refractivity contribution in [2.75, 3.05) is 23.7 Å². The highest BCUT2D eigenvalue weighted by Crippen LogP contribution is 2.17. The normalized spacial score (nSPS) is 11.9. The van der Waals surface area contributed by atoms with E-state index in [9.17, 15) is 0 Å². The highest BCUT2D eigenvalue weighted by Gasteiger charge is 2.07. The first-order valence-corrected chi connectivity index (χ1v) is 7.07. The van der Waals surface area contributed by atoms with E-state index in [-0.39, 0.29) is 0 Å². The van der Waals surface area contributed by atoms with Crippen molar-refractivity contribution in [1.29, 1.82) is 0 Å². The molecule has 1 atom stereocenters. The molecule has 0 spiro atoms. The van der Waals surface area contributed by atoms with E-state index in [2.05, 4.69) is 51.8 Å². The molecule has 2 N–H and O–H groups in total. The van der Waals surface area contributed by atoms with E-state index in [1.165, 1.54) is 5.56 Å². The van der Waals surface area contributed by atoms with Gasteiger partial charge in [-0.3, -0.25) is 0 Å².